The van der Waals surface area contributed by atoms with Gasteiger partial charge < -0.3 is 5.11 Å². The minimum atomic E-state index is -0.655. The Balaban J connectivity index is 1.77. The molecule has 0 aliphatic carbocycles. The Bertz CT molecular complexity index is 1560. The van der Waals surface area contributed by atoms with Crippen molar-refractivity contribution in [2.45, 2.75) is 33.6 Å². The van der Waals surface area contributed by atoms with Gasteiger partial charge in [-0.15, -0.1) is 0 Å². The van der Waals surface area contributed by atoms with Crippen LogP contribution in [0.25, 0.3) is 17.0 Å². The van der Waals surface area contributed by atoms with Crippen molar-refractivity contribution in [1.29, 1.82) is 0 Å². The van der Waals surface area contributed by atoms with Crippen molar-refractivity contribution >= 4 is 28.8 Å². The van der Waals surface area contributed by atoms with Gasteiger partial charge in [0.2, 0.25) is 0 Å². The predicted octanol–water partition coefficient (Wildman–Crippen LogP) is 3.88. The maximum absolute atomic E-state index is 13.9. The molecule has 4 aromatic rings. The Hall–Kier alpha value is -4.59. The van der Waals surface area contributed by atoms with Crippen LogP contribution >= 0.6 is 0 Å². The van der Waals surface area contributed by atoms with E-state index in [0.29, 0.717) is 24.2 Å². The van der Waals surface area contributed by atoms with Gasteiger partial charge in [0.15, 0.2) is 12.4 Å². The highest BCUT2D eigenvalue weighted by molar-refractivity contribution is 6.53. The smallest absolute Gasteiger partial charge is 0.331 e. The molecule has 5 rings (SSSR count). The topological polar surface area (TPSA) is 82.1 Å². The van der Waals surface area contributed by atoms with Crippen molar-refractivity contribution < 1.29 is 23.7 Å². The normalized spacial score (nSPS) is 13.7. The van der Waals surface area contributed by atoms with E-state index >= 15 is 0 Å². The lowest BCUT2D eigenvalue weighted by molar-refractivity contribution is -0.576. The van der Waals surface area contributed by atoms with Gasteiger partial charge >= 0.3 is 5.91 Å². The number of carbonyl (C=O) groups excluding carboxylic acids is 2. The Labute approximate surface area is 213 Å². The minimum absolute atomic E-state index is 0.0185. The van der Waals surface area contributed by atoms with Gasteiger partial charge in [0, 0.05) is 17.7 Å². The van der Waals surface area contributed by atoms with Gasteiger partial charge in [-0.1, -0.05) is 37.1 Å². The third-order valence-corrected chi connectivity index (χ3v) is 6.35. The summed E-state index contributed by atoms with van der Waals surface area (Å²) in [6.07, 6.45) is 4.42. The van der Waals surface area contributed by atoms with Crippen molar-refractivity contribution in [2.75, 3.05) is 4.90 Å². The van der Waals surface area contributed by atoms with Crippen LogP contribution in [0.5, 0.6) is 5.88 Å². The fraction of sp³-hybridized carbons (Fsp3) is 0.172. The predicted molar refractivity (Wildman–Crippen MR) is 135 cm³/mol. The largest absolute Gasteiger partial charge is 0.858 e. The summed E-state index contributed by atoms with van der Waals surface area (Å²) >= 11 is 0. The van der Waals surface area contributed by atoms with Crippen LogP contribution < -0.4 is 14.6 Å². The Morgan fingerprint density at radius 2 is 1.68 bits per heavy atom. The van der Waals surface area contributed by atoms with E-state index in [0.717, 1.165) is 16.0 Å². The van der Waals surface area contributed by atoms with Crippen LogP contribution in [-0.2, 0) is 16.0 Å². The molecule has 8 heteroatoms. The highest BCUT2D eigenvalue weighted by Crippen LogP contribution is 2.39. The van der Waals surface area contributed by atoms with E-state index in [-0.39, 0.29) is 22.5 Å². The molecule has 1 aliphatic heterocycles. The molecule has 0 unspecified atom stereocenters. The zero-order valence-corrected chi connectivity index (χ0v) is 20.7. The lowest BCUT2D eigenvalue weighted by atomic mass is 10.0. The Morgan fingerprint density at radius 3 is 2.32 bits per heavy atom. The Morgan fingerprint density at radius 1 is 0.973 bits per heavy atom. The second kappa shape index (κ2) is 9.46. The number of carbonyl (C=O) groups is 2. The summed E-state index contributed by atoms with van der Waals surface area (Å²) in [5.74, 6) is -2.22. The number of hydrogen-bond acceptors (Lipinski definition) is 4. The highest BCUT2D eigenvalue weighted by atomic mass is 19.1. The molecule has 37 heavy (non-hydrogen) atoms. The van der Waals surface area contributed by atoms with Crippen LogP contribution in [0, 0.1) is 19.7 Å². The van der Waals surface area contributed by atoms with Gasteiger partial charge in [0.1, 0.15) is 11.4 Å². The van der Waals surface area contributed by atoms with Gasteiger partial charge in [0.25, 0.3) is 11.6 Å². The lowest BCUT2D eigenvalue weighted by Crippen LogP contribution is -2.39. The molecule has 0 spiro atoms. The van der Waals surface area contributed by atoms with E-state index in [9.17, 15) is 19.1 Å². The molecular formula is C29H25FN4O3. The van der Waals surface area contributed by atoms with Crippen LogP contribution in [0.15, 0.2) is 73.1 Å². The van der Waals surface area contributed by atoms with E-state index in [1.54, 1.807) is 30.6 Å². The van der Waals surface area contributed by atoms with E-state index in [1.807, 2.05) is 39.0 Å². The third kappa shape index (κ3) is 4.10. The molecule has 3 heterocycles. The van der Waals surface area contributed by atoms with E-state index in [2.05, 4.69) is 5.10 Å². The lowest BCUT2D eigenvalue weighted by Gasteiger charge is -2.16. The molecule has 0 N–H and O–H groups in total. The zero-order chi connectivity index (χ0) is 26.3. The number of aromatic nitrogens is 3. The zero-order valence-electron chi connectivity index (χ0n) is 20.7. The van der Waals surface area contributed by atoms with Crippen LogP contribution in [0.4, 0.5) is 10.1 Å². The first kappa shape index (κ1) is 24.1. The number of aryl methyl sites for hydroxylation is 3. The number of pyridine rings is 1. The fourth-order valence-electron chi connectivity index (χ4n) is 4.67. The molecular weight excluding hydrogens is 471 g/mol. The maximum atomic E-state index is 13.9. The molecule has 0 bridgehead atoms. The van der Waals surface area contributed by atoms with Crippen LogP contribution in [-0.4, -0.2) is 21.6 Å². The quantitative estimate of drug-likeness (QED) is 0.300. The molecule has 0 atom stereocenters. The van der Waals surface area contributed by atoms with Gasteiger partial charge in [-0.25, -0.2) is 14.0 Å². The molecule has 2 aromatic carbocycles. The average Bonchev–Trinajstić information content (AvgIpc) is 3.32. The minimum Gasteiger partial charge on any atom is -0.858 e. The van der Waals surface area contributed by atoms with E-state index in [4.69, 9.17) is 0 Å². The number of anilines is 1. The van der Waals surface area contributed by atoms with Gasteiger partial charge in [-0.2, -0.15) is 9.67 Å². The molecule has 2 amide bonds. The number of amides is 2. The summed E-state index contributed by atoms with van der Waals surface area (Å²) in [6.45, 7) is 5.82. The second-order valence-corrected chi connectivity index (χ2v) is 9.01. The van der Waals surface area contributed by atoms with Crippen LogP contribution in [0.2, 0.25) is 0 Å². The van der Waals surface area contributed by atoms with E-state index in [1.165, 1.54) is 33.5 Å². The van der Waals surface area contributed by atoms with Gasteiger partial charge in [0.05, 0.1) is 17.1 Å². The van der Waals surface area contributed by atoms with Gasteiger partial charge in [-0.05, 0) is 62.0 Å². The molecule has 0 fully saturated rings. The highest BCUT2D eigenvalue weighted by Gasteiger charge is 2.47. The van der Waals surface area contributed by atoms with Crippen molar-refractivity contribution in [3.05, 3.63) is 101 Å². The number of hydrogen-bond donors (Lipinski definition) is 0. The van der Waals surface area contributed by atoms with Crippen molar-refractivity contribution in [3.63, 3.8) is 0 Å². The van der Waals surface area contributed by atoms with Crippen LogP contribution in [0.3, 0.4) is 0 Å². The standard InChI is InChI=1S/C29H25FN4O3/c1-4-8-22-24(28(36)34(31-22)23-14-9-18(2)17-19(23)3)25-26(32-15-6-5-7-16-32)29(37)33(27(25)35)21-12-10-20(30)11-13-21/h5-7,9-17H,4,8H2,1-3H3. The Kier molecular flexibility index (Phi) is 6.17. The fourth-order valence-corrected chi connectivity index (χ4v) is 4.67. The first-order valence-corrected chi connectivity index (χ1v) is 12.0. The second-order valence-electron chi connectivity index (χ2n) is 9.01. The number of halogens is 1. The number of benzene rings is 2. The van der Waals surface area contributed by atoms with Crippen molar-refractivity contribution in [2.24, 2.45) is 0 Å². The summed E-state index contributed by atoms with van der Waals surface area (Å²) in [7, 11) is 0. The number of rotatable bonds is 6. The summed E-state index contributed by atoms with van der Waals surface area (Å²) < 4.78 is 16.5. The monoisotopic (exact) mass is 496 g/mol. The summed E-state index contributed by atoms with van der Waals surface area (Å²) in [5.41, 5.74) is 3.32. The molecule has 0 saturated heterocycles. The first-order valence-electron chi connectivity index (χ1n) is 12.0. The summed E-state index contributed by atoms with van der Waals surface area (Å²) in [4.78, 5) is 28.6. The van der Waals surface area contributed by atoms with Crippen molar-refractivity contribution in [3.8, 4) is 11.6 Å². The number of nitrogens with zero attached hydrogens (tertiary/aromatic N) is 4. The first-order chi connectivity index (χ1) is 17.8. The average molecular weight is 497 g/mol. The molecule has 186 valence electrons. The molecule has 7 nitrogen and oxygen atoms in total. The molecule has 0 radical (unpaired) electrons. The number of imide groups is 1. The molecule has 2 aromatic heterocycles. The summed E-state index contributed by atoms with van der Waals surface area (Å²) in [5, 5.41) is 18.6. The third-order valence-electron chi connectivity index (χ3n) is 6.35. The van der Waals surface area contributed by atoms with Crippen molar-refractivity contribution in [1.82, 2.24) is 9.78 Å². The van der Waals surface area contributed by atoms with E-state index < -0.39 is 23.5 Å². The SMILES string of the molecule is CCCc1nn(-c2ccc(C)cc2C)c([O-])c1C1=C([n+]2ccccc2)C(=O)N(c2ccc(F)cc2)C1=O. The molecule has 1 aliphatic rings. The maximum Gasteiger partial charge on any atom is 0.331 e. The van der Waals surface area contributed by atoms with Crippen LogP contribution in [0.1, 0.15) is 35.7 Å². The molecule has 0 saturated carbocycles. The summed E-state index contributed by atoms with van der Waals surface area (Å²) in [6, 6.07) is 16.0. The van der Waals surface area contributed by atoms with Gasteiger partial charge in [-0.3, -0.25) is 9.59 Å².